The van der Waals surface area contributed by atoms with Crippen LogP contribution in [0.25, 0.3) is 0 Å². The predicted octanol–water partition coefficient (Wildman–Crippen LogP) is 0.982. The van der Waals surface area contributed by atoms with E-state index in [0.29, 0.717) is 13.0 Å². The fraction of sp³-hybridized carbons (Fsp3) is 0.500. The van der Waals surface area contributed by atoms with Crippen LogP contribution in [0.3, 0.4) is 0 Å². The molecule has 0 unspecified atom stereocenters. The molecule has 0 radical (unpaired) electrons. The minimum absolute atomic E-state index is 0.0614. The van der Waals surface area contributed by atoms with Crippen LogP contribution >= 0.6 is 11.3 Å². The Bertz CT molecular complexity index is 312. The molecule has 0 aromatic carbocycles. The van der Waals surface area contributed by atoms with E-state index in [1.165, 1.54) is 4.88 Å². The summed E-state index contributed by atoms with van der Waals surface area (Å²) >= 11 is 1.61. The normalized spacial score (nSPS) is 10.0. The van der Waals surface area contributed by atoms with Crippen LogP contribution in [-0.2, 0) is 11.3 Å². The molecular formula is C10H16N2O2S. The molecular weight excluding hydrogens is 212 g/mol. The van der Waals surface area contributed by atoms with Crippen LogP contribution in [0.5, 0.6) is 5.06 Å². The monoisotopic (exact) mass is 228 g/mol. The van der Waals surface area contributed by atoms with Gasteiger partial charge in [0.15, 0.2) is 5.06 Å². The van der Waals surface area contributed by atoms with Crippen molar-refractivity contribution < 1.29 is 9.53 Å². The summed E-state index contributed by atoms with van der Waals surface area (Å²) in [4.78, 5) is 12.1. The zero-order valence-corrected chi connectivity index (χ0v) is 9.82. The lowest BCUT2D eigenvalue weighted by atomic mass is 10.4. The molecule has 0 aliphatic heterocycles. The Morgan fingerprint density at radius 2 is 2.33 bits per heavy atom. The Balaban J connectivity index is 2.17. The van der Waals surface area contributed by atoms with Gasteiger partial charge in [0.1, 0.15) is 0 Å². The van der Waals surface area contributed by atoms with E-state index in [1.54, 1.807) is 25.5 Å². The van der Waals surface area contributed by atoms with E-state index in [1.807, 2.05) is 12.1 Å². The van der Waals surface area contributed by atoms with Gasteiger partial charge in [0.05, 0.1) is 7.11 Å². The number of carbonyl (C=O) groups excluding carboxylic acids is 1. The average Bonchev–Trinajstić information content (AvgIpc) is 2.72. The molecule has 2 N–H and O–H groups in total. The molecule has 0 aliphatic rings. The maximum Gasteiger partial charge on any atom is 0.221 e. The van der Waals surface area contributed by atoms with E-state index in [0.717, 1.165) is 11.6 Å². The van der Waals surface area contributed by atoms with Crippen molar-refractivity contribution in [1.82, 2.24) is 10.6 Å². The summed E-state index contributed by atoms with van der Waals surface area (Å²) in [5.74, 6) is 0.0614. The van der Waals surface area contributed by atoms with Gasteiger partial charge in [-0.3, -0.25) is 4.79 Å². The van der Waals surface area contributed by atoms with E-state index in [2.05, 4.69) is 10.6 Å². The number of methoxy groups -OCH3 is 1. The Hall–Kier alpha value is -1.07. The number of amides is 1. The minimum atomic E-state index is 0.0614. The van der Waals surface area contributed by atoms with Gasteiger partial charge in [0.25, 0.3) is 0 Å². The zero-order valence-electron chi connectivity index (χ0n) is 9.00. The summed E-state index contributed by atoms with van der Waals surface area (Å²) in [6, 6.07) is 3.97. The topological polar surface area (TPSA) is 50.4 Å². The van der Waals surface area contributed by atoms with Gasteiger partial charge in [0, 0.05) is 31.4 Å². The number of thiophene rings is 1. The standard InChI is InChI=1S/C10H16N2O2S/c1-11-9(13)5-6-12-7-8-3-4-10(14-2)15-8/h3-4,12H,5-7H2,1-2H3,(H,11,13). The summed E-state index contributed by atoms with van der Waals surface area (Å²) in [5, 5.41) is 6.69. The molecule has 0 saturated heterocycles. The molecule has 4 nitrogen and oxygen atoms in total. The number of nitrogens with one attached hydrogen (secondary N) is 2. The summed E-state index contributed by atoms with van der Waals surface area (Å²) in [6.45, 7) is 1.48. The molecule has 0 saturated carbocycles. The molecule has 0 aliphatic carbocycles. The minimum Gasteiger partial charge on any atom is -0.487 e. The Morgan fingerprint density at radius 1 is 1.53 bits per heavy atom. The van der Waals surface area contributed by atoms with Gasteiger partial charge in [-0.1, -0.05) is 0 Å². The lowest BCUT2D eigenvalue weighted by Gasteiger charge is -2.01. The highest BCUT2D eigenvalue weighted by Gasteiger charge is 2.00. The van der Waals surface area contributed by atoms with E-state index in [9.17, 15) is 4.79 Å². The molecule has 1 heterocycles. The van der Waals surface area contributed by atoms with Gasteiger partial charge in [-0.2, -0.15) is 0 Å². The third-order valence-corrected chi connectivity index (χ3v) is 2.99. The molecule has 0 atom stereocenters. The average molecular weight is 228 g/mol. The summed E-state index contributed by atoms with van der Waals surface area (Å²) in [6.07, 6.45) is 0.513. The summed E-state index contributed by atoms with van der Waals surface area (Å²) < 4.78 is 5.08. The van der Waals surface area contributed by atoms with E-state index in [-0.39, 0.29) is 5.91 Å². The van der Waals surface area contributed by atoms with Crippen LogP contribution in [-0.4, -0.2) is 26.6 Å². The molecule has 84 valence electrons. The second-order valence-corrected chi connectivity index (χ2v) is 4.16. The van der Waals surface area contributed by atoms with Crippen molar-refractivity contribution in [3.8, 4) is 5.06 Å². The summed E-state index contributed by atoms with van der Waals surface area (Å²) in [5.41, 5.74) is 0. The second-order valence-electron chi connectivity index (χ2n) is 3.02. The van der Waals surface area contributed by atoms with Gasteiger partial charge in [-0.05, 0) is 12.1 Å². The molecule has 0 fully saturated rings. The maximum atomic E-state index is 10.9. The van der Waals surface area contributed by atoms with Gasteiger partial charge in [0.2, 0.25) is 5.91 Å². The molecule has 5 heteroatoms. The molecule has 0 spiro atoms. The van der Waals surface area contributed by atoms with Crippen molar-refractivity contribution in [1.29, 1.82) is 0 Å². The highest BCUT2D eigenvalue weighted by Crippen LogP contribution is 2.23. The first-order chi connectivity index (χ1) is 7.26. The number of hydrogen-bond acceptors (Lipinski definition) is 4. The molecule has 1 aromatic heterocycles. The highest BCUT2D eigenvalue weighted by molar-refractivity contribution is 7.13. The summed E-state index contributed by atoms with van der Waals surface area (Å²) in [7, 11) is 3.31. The first kappa shape index (κ1) is 12.0. The van der Waals surface area contributed by atoms with Crippen molar-refractivity contribution in [2.45, 2.75) is 13.0 Å². The fourth-order valence-electron chi connectivity index (χ4n) is 1.10. The van der Waals surface area contributed by atoms with Crippen molar-refractivity contribution >= 4 is 17.2 Å². The lowest BCUT2D eigenvalue weighted by molar-refractivity contribution is -0.120. The third-order valence-electron chi connectivity index (χ3n) is 1.95. The first-order valence-electron chi connectivity index (χ1n) is 4.80. The third kappa shape index (κ3) is 4.31. The second kappa shape index (κ2) is 6.42. The molecule has 1 aromatic rings. The zero-order chi connectivity index (χ0) is 11.1. The molecule has 1 rings (SSSR count). The maximum absolute atomic E-state index is 10.9. The SMILES string of the molecule is CNC(=O)CCNCc1ccc(OC)s1. The van der Waals surface area contributed by atoms with Gasteiger partial charge >= 0.3 is 0 Å². The van der Waals surface area contributed by atoms with Crippen LogP contribution in [0.15, 0.2) is 12.1 Å². The van der Waals surface area contributed by atoms with Crippen molar-refractivity contribution in [2.75, 3.05) is 20.7 Å². The van der Waals surface area contributed by atoms with Crippen molar-refractivity contribution in [2.24, 2.45) is 0 Å². The number of carbonyl (C=O) groups is 1. The first-order valence-corrected chi connectivity index (χ1v) is 5.62. The van der Waals surface area contributed by atoms with E-state index >= 15 is 0 Å². The Labute approximate surface area is 93.6 Å². The lowest BCUT2D eigenvalue weighted by Crippen LogP contribution is -2.24. The van der Waals surface area contributed by atoms with Crippen LogP contribution in [0.4, 0.5) is 0 Å². The van der Waals surface area contributed by atoms with Gasteiger partial charge in [-0.15, -0.1) is 11.3 Å². The number of rotatable bonds is 6. The van der Waals surface area contributed by atoms with Gasteiger partial charge < -0.3 is 15.4 Å². The molecule has 0 bridgehead atoms. The number of ether oxygens (including phenoxy) is 1. The van der Waals surface area contributed by atoms with E-state index in [4.69, 9.17) is 4.74 Å². The highest BCUT2D eigenvalue weighted by atomic mass is 32.1. The van der Waals surface area contributed by atoms with E-state index < -0.39 is 0 Å². The Morgan fingerprint density at radius 3 is 2.93 bits per heavy atom. The largest absolute Gasteiger partial charge is 0.487 e. The van der Waals surface area contributed by atoms with Crippen LogP contribution in [0.1, 0.15) is 11.3 Å². The van der Waals surface area contributed by atoms with Crippen LogP contribution in [0, 0.1) is 0 Å². The fourth-order valence-corrected chi connectivity index (χ4v) is 1.89. The van der Waals surface area contributed by atoms with Crippen LogP contribution in [0.2, 0.25) is 0 Å². The Kier molecular flexibility index (Phi) is 5.14. The number of hydrogen-bond donors (Lipinski definition) is 2. The quantitative estimate of drug-likeness (QED) is 0.714. The van der Waals surface area contributed by atoms with Crippen LogP contribution < -0.4 is 15.4 Å². The molecule has 15 heavy (non-hydrogen) atoms. The van der Waals surface area contributed by atoms with Crippen molar-refractivity contribution in [3.63, 3.8) is 0 Å². The smallest absolute Gasteiger partial charge is 0.221 e. The predicted molar refractivity (Wildman–Crippen MR) is 61.3 cm³/mol. The van der Waals surface area contributed by atoms with Crippen molar-refractivity contribution in [3.05, 3.63) is 17.0 Å². The molecule has 1 amide bonds. The van der Waals surface area contributed by atoms with Gasteiger partial charge in [-0.25, -0.2) is 0 Å².